The third kappa shape index (κ3) is 3.42. The standard InChI is InChI=1S/C16H28N3O3P/c1-16(2,3)17-5-4-15(14-17)23(20,18-6-10-21-11-7-18)19-8-12-22-13-9-19/h4-5,14H,6-13H2,1-3H3. The Labute approximate surface area is 138 Å². The number of nitrogens with zero attached hydrogens (tertiary/aromatic N) is 3. The molecule has 0 aliphatic carbocycles. The Morgan fingerprint density at radius 3 is 1.83 bits per heavy atom. The van der Waals surface area contributed by atoms with Gasteiger partial charge in [0.2, 0.25) is 7.44 Å². The number of morpholine rings is 2. The zero-order chi connectivity index (χ0) is 16.5. The van der Waals surface area contributed by atoms with E-state index in [1.807, 2.05) is 12.3 Å². The van der Waals surface area contributed by atoms with Crippen LogP contribution in [0.15, 0.2) is 18.5 Å². The summed E-state index contributed by atoms with van der Waals surface area (Å²) in [5.74, 6) is 0. The Balaban J connectivity index is 1.97. The molecule has 0 unspecified atom stereocenters. The Morgan fingerprint density at radius 2 is 1.43 bits per heavy atom. The van der Waals surface area contributed by atoms with Gasteiger partial charge >= 0.3 is 0 Å². The molecule has 130 valence electrons. The first-order valence-electron chi connectivity index (χ1n) is 8.38. The number of ether oxygens (including phenoxy) is 2. The van der Waals surface area contributed by atoms with Crippen LogP contribution < -0.4 is 5.30 Å². The van der Waals surface area contributed by atoms with E-state index in [1.165, 1.54) is 0 Å². The Bertz CT molecular complexity index is 547. The lowest BCUT2D eigenvalue weighted by molar-refractivity contribution is 0.0538. The maximum absolute atomic E-state index is 14.2. The van der Waals surface area contributed by atoms with Gasteiger partial charge in [-0.3, -0.25) is 4.57 Å². The van der Waals surface area contributed by atoms with Crippen molar-refractivity contribution < 1.29 is 14.0 Å². The molecule has 7 heteroatoms. The van der Waals surface area contributed by atoms with E-state index in [2.05, 4.69) is 40.9 Å². The summed E-state index contributed by atoms with van der Waals surface area (Å²) in [6, 6.07) is 2.02. The van der Waals surface area contributed by atoms with Gasteiger partial charge in [-0.1, -0.05) is 0 Å². The van der Waals surface area contributed by atoms with Gasteiger partial charge in [-0.15, -0.1) is 0 Å². The maximum Gasteiger partial charge on any atom is 0.247 e. The molecular weight excluding hydrogens is 313 g/mol. The first-order chi connectivity index (χ1) is 10.9. The highest BCUT2D eigenvalue weighted by atomic mass is 31.2. The third-order valence-electron chi connectivity index (χ3n) is 4.53. The molecular formula is C16H28N3O3P. The van der Waals surface area contributed by atoms with Crippen LogP contribution in [0, 0.1) is 0 Å². The minimum atomic E-state index is -2.79. The average Bonchev–Trinajstić information content (AvgIpc) is 3.06. The number of rotatable bonds is 3. The van der Waals surface area contributed by atoms with Crippen LogP contribution in [0.25, 0.3) is 0 Å². The highest BCUT2D eigenvalue weighted by Gasteiger charge is 2.41. The number of aromatic nitrogens is 1. The monoisotopic (exact) mass is 341 g/mol. The van der Waals surface area contributed by atoms with E-state index in [0.717, 1.165) is 31.5 Å². The topological polar surface area (TPSA) is 46.9 Å². The van der Waals surface area contributed by atoms with Gasteiger partial charge in [-0.05, 0) is 26.8 Å². The van der Waals surface area contributed by atoms with E-state index in [1.54, 1.807) is 0 Å². The predicted molar refractivity (Wildman–Crippen MR) is 91.5 cm³/mol. The van der Waals surface area contributed by atoms with Crippen molar-refractivity contribution in [3.8, 4) is 0 Å². The van der Waals surface area contributed by atoms with Crippen molar-refractivity contribution in [2.45, 2.75) is 26.3 Å². The smallest absolute Gasteiger partial charge is 0.247 e. The van der Waals surface area contributed by atoms with Crippen molar-refractivity contribution in [1.82, 2.24) is 13.9 Å². The lowest BCUT2D eigenvalue weighted by Gasteiger charge is -2.42. The van der Waals surface area contributed by atoms with Gasteiger partial charge in [0.1, 0.15) is 0 Å². The van der Waals surface area contributed by atoms with E-state index in [-0.39, 0.29) is 5.54 Å². The van der Waals surface area contributed by atoms with Gasteiger partial charge in [0.15, 0.2) is 0 Å². The van der Waals surface area contributed by atoms with Crippen LogP contribution in [0.2, 0.25) is 0 Å². The largest absolute Gasteiger partial charge is 0.379 e. The summed E-state index contributed by atoms with van der Waals surface area (Å²) in [5.41, 5.74) is -0.0148. The lowest BCUT2D eigenvalue weighted by atomic mass is 10.1. The minimum Gasteiger partial charge on any atom is -0.379 e. The molecule has 3 heterocycles. The van der Waals surface area contributed by atoms with E-state index in [9.17, 15) is 4.57 Å². The van der Waals surface area contributed by atoms with Gasteiger partial charge < -0.3 is 14.0 Å². The van der Waals surface area contributed by atoms with Crippen LogP contribution >= 0.6 is 7.44 Å². The molecule has 0 bridgehead atoms. The van der Waals surface area contributed by atoms with Crippen molar-refractivity contribution in [1.29, 1.82) is 0 Å². The quantitative estimate of drug-likeness (QED) is 0.784. The van der Waals surface area contributed by atoms with Crippen LogP contribution in [0.1, 0.15) is 20.8 Å². The van der Waals surface area contributed by atoms with Crippen molar-refractivity contribution in [3.05, 3.63) is 18.5 Å². The molecule has 0 N–H and O–H groups in total. The van der Waals surface area contributed by atoms with E-state index >= 15 is 0 Å². The van der Waals surface area contributed by atoms with Crippen LogP contribution in [0.4, 0.5) is 0 Å². The molecule has 23 heavy (non-hydrogen) atoms. The highest BCUT2D eigenvalue weighted by molar-refractivity contribution is 7.67. The molecule has 2 saturated heterocycles. The van der Waals surface area contributed by atoms with Crippen LogP contribution in [0.3, 0.4) is 0 Å². The third-order valence-corrected chi connectivity index (χ3v) is 7.80. The summed E-state index contributed by atoms with van der Waals surface area (Å²) in [6.45, 7) is 11.9. The summed E-state index contributed by atoms with van der Waals surface area (Å²) in [6.07, 6.45) is 4.11. The molecule has 1 aromatic heterocycles. The van der Waals surface area contributed by atoms with Gasteiger partial charge in [0.25, 0.3) is 0 Å². The molecule has 0 amide bonds. The second kappa shape index (κ2) is 6.69. The molecule has 0 atom stereocenters. The molecule has 2 fully saturated rings. The van der Waals surface area contributed by atoms with Gasteiger partial charge in [-0.2, -0.15) is 0 Å². The van der Waals surface area contributed by atoms with Crippen LogP contribution in [-0.4, -0.2) is 66.5 Å². The van der Waals surface area contributed by atoms with Crippen LogP contribution in [-0.2, 0) is 19.6 Å². The molecule has 6 nitrogen and oxygen atoms in total. The zero-order valence-corrected chi connectivity index (χ0v) is 15.3. The van der Waals surface area contributed by atoms with E-state index in [0.29, 0.717) is 26.4 Å². The fourth-order valence-electron chi connectivity index (χ4n) is 3.13. The first kappa shape index (κ1) is 17.2. The summed E-state index contributed by atoms with van der Waals surface area (Å²) >= 11 is 0. The van der Waals surface area contributed by atoms with Crippen molar-refractivity contribution >= 4 is 12.7 Å². The second-order valence-electron chi connectivity index (χ2n) is 7.12. The van der Waals surface area contributed by atoms with Gasteiger partial charge in [0.05, 0.1) is 31.7 Å². The second-order valence-corrected chi connectivity index (χ2v) is 9.86. The van der Waals surface area contributed by atoms with Gasteiger partial charge in [0, 0.05) is 44.1 Å². The SMILES string of the molecule is CC(C)(C)n1ccc(P(=O)(N2CCOCC2)N2CCOCC2)c1. The Hall–Kier alpha value is -0.650. The maximum atomic E-state index is 14.2. The number of hydrogen-bond donors (Lipinski definition) is 0. The predicted octanol–water partition coefficient (Wildman–Crippen LogP) is 1.73. The van der Waals surface area contributed by atoms with Crippen molar-refractivity contribution in [2.24, 2.45) is 0 Å². The van der Waals surface area contributed by atoms with Crippen LogP contribution in [0.5, 0.6) is 0 Å². The van der Waals surface area contributed by atoms with E-state index < -0.39 is 7.44 Å². The average molecular weight is 341 g/mol. The Kier molecular flexibility index (Phi) is 5.00. The van der Waals surface area contributed by atoms with Crippen molar-refractivity contribution in [3.63, 3.8) is 0 Å². The number of hydrogen-bond acceptors (Lipinski definition) is 3. The molecule has 2 aliphatic heterocycles. The minimum absolute atomic E-state index is 0.0148. The molecule has 0 aromatic carbocycles. The molecule has 0 saturated carbocycles. The summed E-state index contributed by atoms with van der Waals surface area (Å²) < 4.78 is 31.5. The first-order valence-corrected chi connectivity index (χ1v) is 9.99. The molecule has 0 radical (unpaired) electrons. The Morgan fingerprint density at radius 1 is 0.957 bits per heavy atom. The lowest BCUT2D eigenvalue weighted by Crippen LogP contribution is -2.46. The van der Waals surface area contributed by atoms with Crippen molar-refractivity contribution in [2.75, 3.05) is 52.6 Å². The summed E-state index contributed by atoms with van der Waals surface area (Å²) in [5, 5.41) is 0.927. The zero-order valence-electron chi connectivity index (χ0n) is 14.4. The van der Waals surface area contributed by atoms with Gasteiger partial charge in [-0.25, -0.2) is 9.34 Å². The molecule has 2 aliphatic rings. The van der Waals surface area contributed by atoms with E-state index in [4.69, 9.17) is 9.47 Å². The normalized spacial score (nSPS) is 22.4. The summed E-state index contributed by atoms with van der Waals surface area (Å²) in [7, 11) is -2.79. The molecule has 0 spiro atoms. The fraction of sp³-hybridized carbons (Fsp3) is 0.750. The highest BCUT2D eigenvalue weighted by Crippen LogP contribution is 2.52. The molecule has 3 rings (SSSR count). The summed E-state index contributed by atoms with van der Waals surface area (Å²) in [4.78, 5) is 0. The fourth-order valence-corrected chi connectivity index (χ4v) is 6.09. The molecule has 1 aromatic rings.